The van der Waals surface area contributed by atoms with Crippen LogP contribution in [-0.2, 0) is 0 Å². The first-order chi connectivity index (χ1) is 5.87. The van der Waals surface area contributed by atoms with E-state index in [4.69, 9.17) is 20.4 Å². The molecule has 0 radical (unpaired) electrons. The van der Waals surface area contributed by atoms with E-state index >= 15 is 0 Å². The van der Waals surface area contributed by atoms with Crippen LogP contribution in [0.4, 0.5) is 0 Å². The Morgan fingerprint density at radius 3 is 1.43 bits per heavy atom. The van der Waals surface area contributed by atoms with Crippen molar-refractivity contribution < 1.29 is 37.3 Å². The summed E-state index contributed by atoms with van der Waals surface area (Å²) in [5.41, 5.74) is 0. The van der Waals surface area contributed by atoms with Crippen LogP contribution in [0.25, 0.3) is 0 Å². The Morgan fingerprint density at radius 2 is 1.36 bits per heavy atom. The molecule has 14 heavy (non-hydrogen) atoms. The molecule has 0 aliphatic heterocycles. The fourth-order valence-corrected chi connectivity index (χ4v) is 0.690. The summed E-state index contributed by atoms with van der Waals surface area (Å²) in [6.45, 7) is 0.200. The fraction of sp³-hybridized carbons (Fsp3) is 1.00. The molecule has 0 rings (SSSR count). The van der Waals surface area contributed by atoms with Crippen molar-refractivity contribution in [1.29, 1.82) is 0 Å². The van der Waals surface area contributed by atoms with E-state index in [0.717, 1.165) is 0 Å². The minimum absolute atomic E-state index is 0. The Kier molecular flexibility index (Phi) is 15.7. The van der Waals surface area contributed by atoms with Gasteiger partial charge >= 0.3 is 0 Å². The van der Waals surface area contributed by atoms with Crippen LogP contribution in [0.15, 0.2) is 0 Å². The van der Waals surface area contributed by atoms with Gasteiger partial charge in [-0.3, -0.25) is 0 Å². The Morgan fingerprint density at radius 1 is 1.00 bits per heavy atom. The Hall–Kier alpha value is 0.0900. The molecule has 5 nitrogen and oxygen atoms in total. The van der Waals surface area contributed by atoms with E-state index in [0.29, 0.717) is 11.0 Å². The van der Waals surface area contributed by atoms with E-state index in [2.05, 4.69) is 0 Å². The van der Waals surface area contributed by atoms with Gasteiger partial charge in [-0.1, -0.05) is 0 Å². The summed E-state index contributed by atoms with van der Waals surface area (Å²) in [7, 11) is 5.91. The lowest BCUT2D eigenvalue weighted by molar-refractivity contribution is -0.873. The van der Waals surface area contributed by atoms with Gasteiger partial charge in [0.2, 0.25) is 0 Å². The van der Waals surface area contributed by atoms with Crippen LogP contribution in [-0.4, -0.2) is 78.5 Å². The van der Waals surface area contributed by atoms with Crippen LogP contribution in [0.2, 0.25) is 0 Å². The number of hydrogen-bond acceptors (Lipinski definition) is 4. The minimum Gasteiger partial charge on any atom is -1.00 e. The highest BCUT2D eigenvalue weighted by Crippen LogP contribution is 1.92. The molecule has 0 spiro atoms. The van der Waals surface area contributed by atoms with Crippen molar-refractivity contribution in [2.45, 2.75) is 6.10 Å². The number of rotatable bonds is 4. The number of likely N-dealkylation sites (N-methyl/N-ethyl adjacent to an activating group) is 1. The summed E-state index contributed by atoms with van der Waals surface area (Å²) in [5.74, 6) is 0. The lowest BCUT2D eigenvalue weighted by atomic mass is 10.3. The topological polar surface area (TPSA) is 80.9 Å². The van der Waals surface area contributed by atoms with Crippen molar-refractivity contribution in [2.75, 3.05) is 47.5 Å². The molecule has 0 aromatic rings. The number of quaternary nitrogens is 1. The van der Waals surface area contributed by atoms with Crippen molar-refractivity contribution in [2.24, 2.45) is 0 Å². The normalized spacial score (nSPS) is 12.2. The molecule has 0 bridgehead atoms. The summed E-state index contributed by atoms with van der Waals surface area (Å²) >= 11 is 0. The van der Waals surface area contributed by atoms with Gasteiger partial charge in [-0.25, -0.2) is 0 Å². The van der Waals surface area contributed by atoms with Crippen LogP contribution >= 0.6 is 0 Å². The van der Waals surface area contributed by atoms with E-state index in [-0.39, 0.29) is 32.2 Å². The maximum atomic E-state index is 8.93. The first-order valence-corrected chi connectivity index (χ1v) is 4.18. The molecular weight excluding hydrogens is 210 g/mol. The first kappa shape index (κ1) is 19.6. The van der Waals surface area contributed by atoms with E-state index in [1.54, 1.807) is 0 Å². The smallest absolute Gasteiger partial charge is 0.126 e. The molecule has 0 heterocycles. The third-order valence-corrected chi connectivity index (χ3v) is 1.07. The highest BCUT2D eigenvalue weighted by atomic mass is 35.5. The summed E-state index contributed by atoms with van der Waals surface area (Å²) in [6, 6.07) is 0. The lowest BCUT2D eigenvalue weighted by Gasteiger charge is -2.25. The zero-order valence-electron chi connectivity index (χ0n) is 9.02. The average molecular weight is 232 g/mol. The zero-order valence-corrected chi connectivity index (χ0v) is 9.78. The molecule has 0 amide bonds. The molecule has 0 aromatic heterocycles. The number of halogens is 1. The third-order valence-electron chi connectivity index (χ3n) is 1.07. The number of hydrogen-bond donors (Lipinski definition) is 4. The van der Waals surface area contributed by atoms with Crippen molar-refractivity contribution >= 4 is 0 Å². The van der Waals surface area contributed by atoms with Crippen LogP contribution in [0, 0.1) is 0 Å². The summed E-state index contributed by atoms with van der Waals surface area (Å²) in [6.07, 6.45) is -0.579. The average Bonchev–Trinajstić information content (AvgIpc) is 2.02. The molecule has 0 fully saturated rings. The van der Waals surface area contributed by atoms with Gasteiger partial charge in [-0.15, -0.1) is 0 Å². The van der Waals surface area contributed by atoms with Crippen LogP contribution < -0.4 is 12.4 Å². The molecule has 90 valence electrons. The van der Waals surface area contributed by atoms with Gasteiger partial charge in [0.05, 0.1) is 41.0 Å². The van der Waals surface area contributed by atoms with Gasteiger partial charge in [0, 0.05) is 0 Å². The lowest BCUT2D eigenvalue weighted by Crippen LogP contribution is -3.00. The Bertz CT molecular complexity index is 106. The predicted molar refractivity (Wildman–Crippen MR) is 50.2 cm³/mol. The molecule has 4 N–H and O–H groups in total. The molecular formula is C8H22ClNO4. The maximum absolute atomic E-state index is 8.93. The van der Waals surface area contributed by atoms with E-state index in [1.807, 2.05) is 21.1 Å². The van der Waals surface area contributed by atoms with Crippen molar-refractivity contribution in [1.82, 2.24) is 0 Å². The molecule has 1 atom stereocenters. The Balaban J connectivity index is -0.000000209. The van der Waals surface area contributed by atoms with Crippen molar-refractivity contribution in [3.8, 4) is 0 Å². The van der Waals surface area contributed by atoms with Crippen LogP contribution in [0.5, 0.6) is 0 Å². The second-order valence-corrected chi connectivity index (χ2v) is 3.76. The predicted octanol–water partition coefficient (Wildman–Crippen LogP) is -4.98. The van der Waals surface area contributed by atoms with Crippen molar-refractivity contribution in [3.63, 3.8) is 0 Å². The van der Waals surface area contributed by atoms with Crippen LogP contribution in [0.3, 0.4) is 0 Å². The third kappa shape index (κ3) is 22.7. The van der Waals surface area contributed by atoms with Gasteiger partial charge in [-0.05, 0) is 0 Å². The standard InChI is InChI=1S/C6H16NO2.C2H6O2.ClH/c1-7(2,3)4-6(9)5-8;3-1-2-4;/h6,8-9H,4-5H2,1-3H3;3-4H,1-2H2;1H/q+1;;/p-1. The summed E-state index contributed by atoms with van der Waals surface area (Å²) in [4.78, 5) is 0. The highest BCUT2D eigenvalue weighted by Gasteiger charge is 2.13. The largest absolute Gasteiger partial charge is 1.00 e. The van der Waals surface area contributed by atoms with Gasteiger partial charge in [0.25, 0.3) is 0 Å². The number of aliphatic hydroxyl groups is 4. The molecule has 6 heteroatoms. The molecule has 0 aromatic carbocycles. The van der Waals surface area contributed by atoms with Crippen LogP contribution in [0.1, 0.15) is 0 Å². The van der Waals surface area contributed by atoms with Gasteiger partial charge in [0.1, 0.15) is 12.6 Å². The highest BCUT2D eigenvalue weighted by molar-refractivity contribution is 4.47. The number of aliphatic hydroxyl groups excluding tert-OH is 4. The quantitative estimate of drug-likeness (QED) is 0.366. The SMILES string of the molecule is C[N+](C)(C)CC(O)CO.OCCO.[Cl-]. The maximum Gasteiger partial charge on any atom is 0.126 e. The van der Waals surface area contributed by atoms with Gasteiger partial charge in [0.15, 0.2) is 0 Å². The fourth-order valence-electron chi connectivity index (χ4n) is 0.690. The zero-order chi connectivity index (χ0) is 10.9. The van der Waals surface area contributed by atoms with E-state index in [9.17, 15) is 0 Å². The summed E-state index contributed by atoms with van der Waals surface area (Å²) in [5, 5.41) is 32.6. The second kappa shape index (κ2) is 11.2. The molecule has 0 saturated carbocycles. The monoisotopic (exact) mass is 231 g/mol. The van der Waals surface area contributed by atoms with E-state index in [1.165, 1.54) is 0 Å². The van der Waals surface area contributed by atoms with E-state index < -0.39 is 6.10 Å². The number of nitrogens with zero attached hydrogens (tertiary/aromatic N) is 1. The van der Waals surface area contributed by atoms with Crippen molar-refractivity contribution in [3.05, 3.63) is 0 Å². The van der Waals surface area contributed by atoms with Gasteiger partial charge in [-0.2, -0.15) is 0 Å². The molecule has 0 aliphatic carbocycles. The molecule has 0 saturated heterocycles. The molecule has 1 unspecified atom stereocenters. The van der Waals surface area contributed by atoms with Gasteiger partial charge < -0.3 is 37.3 Å². The first-order valence-electron chi connectivity index (χ1n) is 4.18. The minimum atomic E-state index is -0.579. The molecule has 0 aliphatic rings. The second-order valence-electron chi connectivity index (χ2n) is 3.76. The Labute approximate surface area is 91.6 Å². The summed E-state index contributed by atoms with van der Waals surface area (Å²) < 4.78 is 0.682.